The van der Waals surface area contributed by atoms with E-state index in [1.807, 2.05) is 30.6 Å². The topological polar surface area (TPSA) is 45.2 Å². The summed E-state index contributed by atoms with van der Waals surface area (Å²) in [6.07, 6.45) is 9.52. The summed E-state index contributed by atoms with van der Waals surface area (Å²) in [7, 11) is 4.36. The molecule has 5 heteroatoms. The van der Waals surface area contributed by atoms with Gasteiger partial charge in [0.2, 0.25) is 0 Å². The van der Waals surface area contributed by atoms with Crippen LogP contribution >= 0.6 is 0 Å². The molecule has 1 aliphatic rings. The van der Waals surface area contributed by atoms with Crippen molar-refractivity contribution in [2.75, 3.05) is 27.2 Å². The monoisotopic (exact) mass is 311 g/mol. The van der Waals surface area contributed by atoms with Gasteiger partial charge in [-0.3, -0.25) is 9.88 Å². The van der Waals surface area contributed by atoms with Crippen LogP contribution in [-0.2, 0) is 6.54 Å². The Morgan fingerprint density at radius 1 is 1.13 bits per heavy atom. The Balaban J connectivity index is 1.65. The molecule has 122 valence electrons. The van der Waals surface area contributed by atoms with Crippen LogP contribution in [0.4, 0.5) is 0 Å². The molecule has 2 aromatic heterocycles. The average Bonchev–Trinajstić information content (AvgIpc) is 2.82. The zero-order valence-corrected chi connectivity index (χ0v) is 14.0. The van der Waals surface area contributed by atoms with Crippen molar-refractivity contribution in [3.05, 3.63) is 42.4 Å². The number of rotatable bonds is 4. The Bertz CT molecular complexity index is 597. The fraction of sp³-hybridized carbons (Fsp3) is 0.500. The van der Waals surface area contributed by atoms with Crippen molar-refractivity contribution in [1.82, 2.24) is 24.8 Å². The Morgan fingerprint density at radius 3 is 2.65 bits per heavy atom. The minimum Gasteiger partial charge on any atom is -0.305 e. The zero-order chi connectivity index (χ0) is 16.1. The molecule has 23 heavy (non-hydrogen) atoms. The first-order chi connectivity index (χ1) is 11.2. The Morgan fingerprint density at radius 2 is 1.96 bits per heavy atom. The largest absolute Gasteiger partial charge is 0.305 e. The fourth-order valence-corrected chi connectivity index (χ4v) is 3.08. The van der Waals surface area contributed by atoms with Crippen molar-refractivity contribution in [2.45, 2.75) is 31.8 Å². The van der Waals surface area contributed by atoms with E-state index in [2.05, 4.69) is 38.8 Å². The van der Waals surface area contributed by atoms with Gasteiger partial charge in [0.1, 0.15) is 5.69 Å². The van der Waals surface area contributed by atoms with E-state index in [-0.39, 0.29) is 0 Å². The maximum atomic E-state index is 4.48. The molecule has 0 spiro atoms. The highest BCUT2D eigenvalue weighted by Crippen LogP contribution is 2.17. The maximum absolute atomic E-state index is 4.48. The number of pyridine rings is 1. The molecular formula is C18H25N5. The first-order valence-electron chi connectivity index (χ1n) is 8.33. The van der Waals surface area contributed by atoms with E-state index >= 15 is 0 Å². The van der Waals surface area contributed by atoms with Crippen molar-refractivity contribution >= 4 is 0 Å². The lowest BCUT2D eigenvalue weighted by Crippen LogP contribution is -2.38. The van der Waals surface area contributed by atoms with Crippen molar-refractivity contribution in [2.24, 2.45) is 0 Å². The van der Waals surface area contributed by atoms with E-state index in [0.29, 0.717) is 11.9 Å². The normalized spacial score (nSPS) is 19.7. The molecule has 0 aliphatic carbocycles. The first kappa shape index (κ1) is 16.0. The van der Waals surface area contributed by atoms with Crippen molar-refractivity contribution < 1.29 is 0 Å². The van der Waals surface area contributed by atoms with E-state index in [0.717, 1.165) is 25.3 Å². The quantitative estimate of drug-likeness (QED) is 0.868. The molecule has 1 unspecified atom stereocenters. The molecule has 0 amide bonds. The number of likely N-dealkylation sites (tertiary alicyclic amines) is 1. The van der Waals surface area contributed by atoms with Crippen LogP contribution in [0, 0.1) is 0 Å². The summed E-state index contributed by atoms with van der Waals surface area (Å²) < 4.78 is 0. The summed E-state index contributed by atoms with van der Waals surface area (Å²) in [6.45, 7) is 3.20. The van der Waals surface area contributed by atoms with E-state index in [9.17, 15) is 0 Å². The highest BCUT2D eigenvalue weighted by atomic mass is 15.2. The van der Waals surface area contributed by atoms with E-state index in [1.165, 1.54) is 24.8 Å². The third-order valence-corrected chi connectivity index (χ3v) is 4.47. The molecule has 1 fully saturated rings. The molecule has 0 aromatic carbocycles. The van der Waals surface area contributed by atoms with Crippen LogP contribution in [0.25, 0.3) is 11.5 Å². The van der Waals surface area contributed by atoms with Crippen molar-refractivity contribution in [3.8, 4) is 11.5 Å². The fourth-order valence-electron chi connectivity index (χ4n) is 3.08. The van der Waals surface area contributed by atoms with Gasteiger partial charge in [-0.1, -0.05) is 12.5 Å². The Hall–Kier alpha value is -1.85. The summed E-state index contributed by atoms with van der Waals surface area (Å²) in [5, 5.41) is 0. The van der Waals surface area contributed by atoms with Gasteiger partial charge in [0.05, 0.1) is 0 Å². The minimum absolute atomic E-state index is 0.645. The third kappa shape index (κ3) is 4.33. The Labute approximate surface area is 138 Å². The molecule has 0 N–H and O–H groups in total. The summed E-state index contributed by atoms with van der Waals surface area (Å²) in [5.41, 5.74) is 1.99. The molecule has 0 saturated carbocycles. The summed E-state index contributed by atoms with van der Waals surface area (Å²) in [4.78, 5) is 18.1. The second kappa shape index (κ2) is 7.62. The van der Waals surface area contributed by atoms with Crippen LogP contribution in [0.5, 0.6) is 0 Å². The van der Waals surface area contributed by atoms with Gasteiger partial charge in [0.25, 0.3) is 0 Å². The lowest BCUT2D eigenvalue weighted by Gasteiger charge is -2.28. The van der Waals surface area contributed by atoms with Crippen LogP contribution in [0.2, 0.25) is 0 Å². The SMILES string of the molecule is CN(C)C1CCCCN(Cc2cnc(-c3ccccn3)nc2)C1. The van der Waals surface area contributed by atoms with Gasteiger partial charge >= 0.3 is 0 Å². The molecule has 0 bridgehead atoms. The lowest BCUT2D eigenvalue weighted by atomic mass is 10.1. The molecule has 5 nitrogen and oxygen atoms in total. The molecule has 3 heterocycles. The smallest absolute Gasteiger partial charge is 0.178 e. The first-order valence-corrected chi connectivity index (χ1v) is 8.33. The maximum Gasteiger partial charge on any atom is 0.178 e. The highest BCUT2D eigenvalue weighted by Gasteiger charge is 2.19. The van der Waals surface area contributed by atoms with Crippen LogP contribution in [0.15, 0.2) is 36.8 Å². The van der Waals surface area contributed by atoms with Crippen LogP contribution < -0.4 is 0 Å². The number of hydrogen-bond donors (Lipinski definition) is 0. The van der Waals surface area contributed by atoms with Gasteiger partial charge in [-0.25, -0.2) is 9.97 Å². The van der Waals surface area contributed by atoms with Crippen molar-refractivity contribution in [3.63, 3.8) is 0 Å². The second-order valence-electron chi connectivity index (χ2n) is 6.48. The van der Waals surface area contributed by atoms with Crippen LogP contribution in [0.1, 0.15) is 24.8 Å². The van der Waals surface area contributed by atoms with Gasteiger partial charge in [0.15, 0.2) is 5.82 Å². The highest BCUT2D eigenvalue weighted by molar-refractivity contribution is 5.47. The van der Waals surface area contributed by atoms with Gasteiger partial charge in [-0.05, 0) is 45.6 Å². The second-order valence-corrected chi connectivity index (χ2v) is 6.48. The van der Waals surface area contributed by atoms with Crippen LogP contribution in [0.3, 0.4) is 0 Å². The van der Waals surface area contributed by atoms with Gasteiger partial charge in [0, 0.05) is 43.3 Å². The minimum atomic E-state index is 0.645. The molecule has 1 saturated heterocycles. The van der Waals surface area contributed by atoms with Gasteiger partial charge in [-0.2, -0.15) is 0 Å². The lowest BCUT2D eigenvalue weighted by molar-refractivity contribution is 0.191. The van der Waals surface area contributed by atoms with Crippen molar-refractivity contribution in [1.29, 1.82) is 0 Å². The van der Waals surface area contributed by atoms with Gasteiger partial charge < -0.3 is 4.90 Å². The summed E-state index contributed by atoms with van der Waals surface area (Å²) >= 11 is 0. The predicted molar refractivity (Wildman–Crippen MR) is 91.9 cm³/mol. The molecule has 2 aromatic rings. The molecule has 3 rings (SSSR count). The number of nitrogens with zero attached hydrogens (tertiary/aromatic N) is 5. The third-order valence-electron chi connectivity index (χ3n) is 4.47. The van der Waals surface area contributed by atoms with E-state index in [4.69, 9.17) is 0 Å². The zero-order valence-electron chi connectivity index (χ0n) is 14.0. The van der Waals surface area contributed by atoms with E-state index in [1.54, 1.807) is 6.20 Å². The number of hydrogen-bond acceptors (Lipinski definition) is 5. The van der Waals surface area contributed by atoms with Gasteiger partial charge in [-0.15, -0.1) is 0 Å². The van der Waals surface area contributed by atoms with E-state index < -0.39 is 0 Å². The molecular weight excluding hydrogens is 286 g/mol. The molecule has 1 atom stereocenters. The number of aromatic nitrogens is 3. The standard InChI is InChI=1S/C18H25N5/c1-22(2)16-7-4-6-10-23(14-16)13-15-11-20-18(21-12-15)17-8-3-5-9-19-17/h3,5,8-9,11-12,16H,4,6-7,10,13-14H2,1-2H3. The molecule has 0 radical (unpaired) electrons. The summed E-state index contributed by atoms with van der Waals surface area (Å²) in [5.74, 6) is 0.691. The number of likely N-dealkylation sites (N-methyl/N-ethyl adjacent to an activating group) is 1. The Kier molecular flexibility index (Phi) is 5.31. The average molecular weight is 311 g/mol. The predicted octanol–water partition coefficient (Wildman–Crippen LogP) is 2.45. The summed E-state index contributed by atoms with van der Waals surface area (Å²) in [6, 6.07) is 6.44. The molecule has 1 aliphatic heterocycles. The van der Waals surface area contributed by atoms with Crippen LogP contribution in [-0.4, -0.2) is 58.0 Å².